The minimum absolute atomic E-state index is 0.0889. The lowest BCUT2D eigenvalue weighted by Crippen LogP contribution is -2.42. The van der Waals surface area contributed by atoms with Crippen LogP contribution in [0.15, 0.2) is 29.3 Å². The third-order valence-electron chi connectivity index (χ3n) is 3.86. The molecule has 1 aromatic carbocycles. The number of ether oxygens (including phenoxy) is 2. The Balaban J connectivity index is 2.35. The van der Waals surface area contributed by atoms with Crippen molar-refractivity contribution in [3.63, 3.8) is 0 Å². The Morgan fingerprint density at radius 1 is 1.28 bits per heavy atom. The van der Waals surface area contributed by atoms with E-state index in [0.29, 0.717) is 11.6 Å². The van der Waals surface area contributed by atoms with Crippen molar-refractivity contribution in [3.8, 4) is 0 Å². The Morgan fingerprint density at radius 2 is 2.08 bits per heavy atom. The van der Waals surface area contributed by atoms with Gasteiger partial charge in [0, 0.05) is 59.1 Å². The molecule has 1 atom stereocenters. The molecule has 6 nitrogen and oxygen atoms in total. The summed E-state index contributed by atoms with van der Waals surface area (Å²) in [5, 5.41) is 7.32. The molecule has 2 N–H and O–H groups in total. The van der Waals surface area contributed by atoms with E-state index in [0.717, 1.165) is 44.2 Å². The van der Waals surface area contributed by atoms with Gasteiger partial charge in [-0.2, -0.15) is 0 Å². The molecule has 1 unspecified atom stereocenters. The van der Waals surface area contributed by atoms with Gasteiger partial charge in [-0.05, 0) is 31.2 Å². The molecule has 0 aromatic heterocycles. The second kappa shape index (κ2) is 12.9. The van der Waals surface area contributed by atoms with Crippen LogP contribution in [0.3, 0.4) is 0 Å². The summed E-state index contributed by atoms with van der Waals surface area (Å²) in [4.78, 5) is 6.52. The Hall–Kier alpha value is -1.34. The highest BCUT2D eigenvalue weighted by atomic mass is 35.5. The number of benzene rings is 1. The number of hydrogen-bond acceptors (Lipinski definition) is 4. The minimum atomic E-state index is -0.0889. The van der Waals surface area contributed by atoms with E-state index in [1.54, 1.807) is 21.3 Å². The van der Waals surface area contributed by atoms with Crippen molar-refractivity contribution in [2.45, 2.75) is 12.5 Å². The van der Waals surface area contributed by atoms with Gasteiger partial charge in [0.25, 0.3) is 0 Å². The fourth-order valence-electron chi connectivity index (χ4n) is 2.41. The van der Waals surface area contributed by atoms with Gasteiger partial charge in [0.05, 0.1) is 6.10 Å². The van der Waals surface area contributed by atoms with E-state index in [1.165, 1.54) is 0 Å². The van der Waals surface area contributed by atoms with E-state index in [9.17, 15) is 0 Å². The zero-order chi connectivity index (χ0) is 18.5. The van der Waals surface area contributed by atoms with Gasteiger partial charge < -0.3 is 25.0 Å². The second-order valence-electron chi connectivity index (χ2n) is 5.81. The summed E-state index contributed by atoms with van der Waals surface area (Å²) in [5.74, 6) is 0.759. The molecule has 25 heavy (non-hydrogen) atoms. The fraction of sp³-hybridized carbons (Fsp3) is 0.611. The smallest absolute Gasteiger partial charge is 0.191 e. The lowest BCUT2D eigenvalue weighted by Gasteiger charge is -2.20. The zero-order valence-corrected chi connectivity index (χ0v) is 16.5. The molecule has 0 heterocycles. The zero-order valence-electron chi connectivity index (χ0n) is 15.7. The number of nitrogens with zero attached hydrogens (tertiary/aromatic N) is 2. The average molecular weight is 371 g/mol. The van der Waals surface area contributed by atoms with Crippen molar-refractivity contribution in [3.05, 3.63) is 34.9 Å². The van der Waals surface area contributed by atoms with Gasteiger partial charge in [-0.25, -0.2) is 0 Å². The molecule has 1 aromatic rings. The molecule has 0 fully saturated rings. The van der Waals surface area contributed by atoms with Crippen molar-refractivity contribution < 1.29 is 9.47 Å². The summed E-state index contributed by atoms with van der Waals surface area (Å²) >= 11 is 6.05. The number of likely N-dealkylation sites (N-methyl/N-ethyl adjacent to an activating group) is 1. The normalized spacial score (nSPS) is 13.1. The molecular formula is C18H31ClN4O2. The minimum Gasteiger partial charge on any atom is -0.385 e. The van der Waals surface area contributed by atoms with E-state index < -0.39 is 0 Å². The summed E-state index contributed by atoms with van der Waals surface area (Å²) in [6, 6.07) is 7.71. The van der Waals surface area contributed by atoms with Gasteiger partial charge >= 0.3 is 0 Å². The average Bonchev–Trinajstić information content (AvgIpc) is 2.61. The van der Waals surface area contributed by atoms with Crippen molar-refractivity contribution >= 4 is 17.6 Å². The first-order valence-electron chi connectivity index (χ1n) is 8.51. The molecule has 0 aliphatic heterocycles. The van der Waals surface area contributed by atoms with Gasteiger partial charge in [0.2, 0.25) is 0 Å². The maximum Gasteiger partial charge on any atom is 0.191 e. The van der Waals surface area contributed by atoms with Gasteiger partial charge in [-0.3, -0.25) is 4.99 Å². The molecule has 0 aliphatic rings. The summed E-state index contributed by atoms with van der Waals surface area (Å²) in [5.41, 5.74) is 1.04. The highest BCUT2D eigenvalue weighted by Crippen LogP contribution is 2.19. The Morgan fingerprint density at radius 3 is 2.72 bits per heavy atom. The van der Waals surface area contributed by atoms with E-state index in [2.05, 4.69) is 27.6 Å². The SMILES string of the molecule is CN=C(NCCN(C)CCCOC)NCC(OC)c1cccc(Cl)c1. The molecule has 0 bridgehead atoms. The molecule has 0 amide bonds. The first-order chi connectivity index (χ1) is 12.1. The topological polar surface area (TPSA) is 58.1 Å². The number of nitrogens with one attached hydrogen (secondary N) is 2. The number of rotatable bonds is 11. The third kappa shape index (κ3) is 9.07. The Kier molecular flexibility index (Phi) is 11.2. The lowest BCUT2D eigenvalue weighted by molar-refractivity contribution is 0.106. The highest BCUT2D eigenvalue weighted by molar-refractivity contribution is 6.30. The van der Waals surface area contributed by atoms with Crippen LogP contribution < -0.4 is 10.6 Å². The fourth-order valence-corrected chi connectivity index (χ4v) is 2.61. The van der Waals surface area contributed by atoms with Crippen LogP contribution in [0.2, 0.25) is 5.02 Å². The van der Waals surface area contributed by atoms with Crippen LogP contribution in [0, 0.1) is 0 Å². The van der Waals surface area contributed by atoms with Crippen LogP contribution in [-0.2, 0) is 9.47 Å². The number of methoxy groups -OCH3 is 2. The monoisotopic (exact) mass is 370 g/mol. The quantitative estimate of drug-likeness (QED) is 0.355. The van der Waals surface area contributed by atoms with Crippen LogP contribution >= 0.6 is 11.6 Å². The largest absolute Gasteiger partial charge is 0.385 e. The third-order valence-corrected chi connectivity index (χ3v) is 4.09. The number of guanidine groups is 1. The Labute approximate surface area is 156 Å². The lowest BCUT2D eigenvalue weighted by atomic mass is 10.1. The number of aliphatic imine (C=N–C) groups is 1. The summed E-state index contributed by atoms with van der Waals surface area (Å²) in [7, 11) is 7.29. The van der Waals surface area contributed by atoms with Crippen LogP contribution in [0.5, 0.6) is 0 Å². The van der Waals surface area contributed by atoms with E-state index in [-0.39, 0.29) is 6.10 Å². The maximum absolute atomic E-state index is 6.05. The standard InChI is InChI=1S/C18H31ClN4O2/c1-20-18(21-9-11-23(2)10-6-12-24-3)22-14-17(25-4)15-7-5-8-16(19)13-15/h5,7-8,13,17H,6,9-12,14H2,1-4H3,(H2,20,21,22). The molecule has 0 radical (unpaired) electrons. The molecule has 0 saturated heterocycles. The van der Waals surface area contributed by atoms with Crippen molar-refractivity contribution in [2.75, 3.05) is 61.1 Å². The summed E-state index contributed by atoms with van der Waals surface area (Å²) in [6.07, 6.45) is 0.948. The van der Waals surface area contributed by atoms with Gasteiger partial charge in [-0.15, -0.1) is 0 Å². The highest BCUT2D eigenvalue weighted by Gasteiger charge is 2.11. The number of halogens is 1. The first kappa shape index (κ1) is 21.7. The summed E-state index contributed by atoms with van der Waals surface area (Å²) < 4.78 is 10.6. The van der Waals surface area contributed by atoms with E-state index in [4.69, 9.17) is 21.1 Å². The molecule has 0 saturated carbocycles. The molecule has 142 valence electrons. The maximum atomic E-state index is 6.05. The Bertz CT molecular complexity index is 514. The van der Waals surface area contributed by atoms with E-state index >= 15 is 0 Å². The molecular weight excluding hydrogens is 340 g/mol. The van der Waals surface area contributed by atoms with Crippen LogP contribution in [0.1, 0.15) is 18.1 Å². The molecule has 0 aliphatic carbocycles. The molecule has 7 heteroatoms. The van der Waals surface area contributed by atoms with Crippen LogP contribution in [0.25, 0.3) is 0 Å². The first-order valence-corrected chi connectivity index (χ1v) is 8.88. The van der Waals surface area contributed by atoms with Crippen molar-refractivity contribution in [2.24, 2.45) is 4.99 Å². The van der Waals surface area contributed by atoms with Gasteiger partial charge in [0.1, 0.15) is 0 Å². The van der Waals surface area contributed by atoms with Crippen molar-refractivity contribution in [1.82, 2.24) is 15.5 Å². The predicted octanol–water partition coefficient (Wildman–Crippen LogP) is 2.16. The summed E-state index contributed by atoms with van der Waals surface area (Å²) in [6.45, 7) is 4.18. The van der Waals surface area contributed by atoms with E-state index in [1.807, 2.05) is 24.3 Å². The predicted molar refractivity (Wildman–Crippen MR) is 105 cm³/mol. The second-order valence-corrected chi connectivity index (χ2v) is 6.25. The van der Waals surface area contributed by atoms with Gasteiger partial charge in [0.15, 0.2) is 5.96 Å². The van der Waals surface area contributed by atoms with Gasteiger partial charge in [-0.1, -0.05) is 23.7 Å². The molecule has 0 spiro atoms. The van der Waals surface area contributed by atoms with Crippen molar-refractivity contribution in [1.29, 1.82) is 0 Å². The van der Waals surface area contributed by atoms with Crippen LogP contribution in [-0.4, -0.2) is 72.0 Å². The molecule has 1 rings (SSSR count). The number of hydrogen-bond donors (Lipinski definition) is 2. The van der Waals surface area contributed by atoms with Crippen LogP contribution in [0.4, 0.5) is 0 Å².